The Labute approximate surface area is 111 Å². The minimum absolute atomic E-state index is 0.263. The predicted octanol–water partition coefficient (Wildman–Crippen LogP) is 2.48. The molecule has 2 heterocycles. The van der Waals surface area contributed by atoms with E-state index < -0.39 is 0 Å². The predicted molar refractivity (Wildman–Crippen MR) is 69.6 cm³/mol. The number of carbonyl (C=O) groups excluding carboxylic acids is 1. The van der Waals surface area contributed by atoms with E-state index in [0.717, 1.165) is 11.3 Å². The highest BCUT2D eigenvalue weighted by Gasteiger charge is 2.13. The van der Waals surface area contributed by atoms with Crippen molar-refractivity contribution in [2.75, 3.05) is 5.32 Å². The van der Waals surface area contributed by atoms with Crippen LogP contribution >= 0.6 is 11.3 Å². The van der Waals surface area contributed by atoms with E-state index in [1.54, 1.807) is 12.1 Å². The van der Waals surface area contributed by atoms with Gasteiger partial charge in [-0.1, -0.05) is 0 Å². The summed E-state index contributed by atoms with van der Waals surface area (Å²) >= 11 is 1.13. The Balaban J connectivity index is 1.89. The van der Waals surface area contributed by atoms with Crippen LogP contribution in [0.4, 0.5) is 10.2 Å². The number of hydrogen-bond donors (Lipinski definition) is 1. The Bertz CT molecular complexity index is 744. The van der Waals surface area contributed by atoms with Crippen LogP contribution in [0.25, 0.3) is 10.2 Å². The molecule has 0 aliphatic carbocycles. The maximum atomic E-state index is 13.1. The minimum atomic E-state index is -0.375. The molecule has 3 aromatic rings. The molecule has 2 aromatic heterocycles. The zero-order valence-electron chi connectivity index (χ0n) is 9.50. The van der Waals surface area contributed by atoms with Crippen molar-refractivity contribution in [3.05, 3.63) is 47.6 Å². The number of nitrogens with one attached hydrogen (secondary N) is 1. The van der Waals surface area contributed by atoms with Gasteiger partial charge in [-0.3, -0.25) is 4.79 Å². The summed E-state index contributed by atoms with van der Waals surface area (Å²) < 4.78 is 13.7. The fourth-order valence-corrected chi connectivity index (χ4v) is 2.42. The molecule has 3 rings (SSSR count). The van der Waals surface area contributed by atoms with Crippen LogP contribution in [0, 0.1) is 5.82 Å². The number of benzene rings is 1. The number of hydrogen-bond acceptors (Lipinski definition) is 5. The Morgan fingerprint density at radius 2 is 2.21 bits per heavy atom. The van der Waals surface area contributed by atoms with Crippen molar-refractivity contribution in [1.29, 1.82) is 0 Å². The summed E-state index contributed by atoms with van der Waals surface area (Å²) in [5, 5.41) is 2.86. The summed E-state index contributed by atoms with van der Waals surface area (Å²) in [6.07, 6.45) is 2.86. The second kappa shape index (κ2) is 4.69. The molecule has 0 saturated heterocycles. The number of halogens is 1. The Morgan fingerprint density at radius 1 is 1.32 bits per heavy atom. The van der Waals surface area contributed by atoms with Gasteiger partial charge in [0, 0.05) is 6.20 Å². The van der Waals surface area contributed by atoms with Crippen LogP contribution in [0.2, 0.25) is 0 Å². The first-order valence-corrected chi connectivity index (χ1v) is 6.17. The second-order valence-electron chi connectivity index (χ2n) is 3.68. The van der Waals surface area contributed by atoms with Crippen molar-refractivity contribution < 1.29 is 9.18 Å². The van der Waals surface area contributed by atoms with Gasteiger partial charge in [0.25, 0.3) is 5.91 Å². The van der Waals surface area contributed by atoms with Gasteiger partial charge in [0.15, 0.2) is 5.01 Å². The largest absolute Gasteiger partial charge is 0.304 e. The molecule has 0 aliphatic rings. The molecule has 94 valence electrons. The molecule has 0 aliphatic heterocycles. The lowest BCUT2D eigenvalue weighted by molar-refractivity contribution is 0.102. The molecule has 0 spiro atoms. The molecule has 0 bridgehead atoms. The van der Waals surface area contributed by atoms with Gasteiger partial charge in [0.2, 0.25) is 0 Å². The van der Waals surface area contributed by atoms with Gasteiger partial charge in [-0.25, -0.2) is 19.3 Å². The van der Waals surface area contributed by atoms with Gasteiger partial charge < -0.3 is 5.32 Å². The molecular formula is C12H7FN4OS. The van der Waals surface area contributed by atoms with E-state index in [1.807, 2.05) is 0 Å². The van der Waals surface area contributed by atoms with Crippen LogP contribution < -0.4 is 5.32 Å². The summed E-state index contributed by atoms with van der Waals surface area (Å²) in [6, 6.07) is 5.79. The molecule has 0 unspecified atom stereocenters. The first kappa shape index (κ1) is 11.7. The minimum Gasteiger partial charge on any atom is -0.304 e. The molecule has 0 saturated carbocycles. The fraction of sp³-hybridized carbons (Fsp3) is 0. The molecule has 7 heteroatoms. The van der Waals surface area contributed by atoms with Crippen molar-refractivity contribution in [3.8, 4) is 0 Å². The molecule has 1 aromatic carbocycles. The van der Waals surface area contributed by atoms with E-state index in [2.05, 4.69) is 20.3 Å². The van der Waals surface area contributed by atoms with Crippen molar-refractivity contribution in [2.45, 2.75) is 0 Å². The quantitative estimate of drug-likeness (QED) is 0.779. The van der Waals surface area contributed by atoms with Crippen LogP contribution in [0.1, 0.15) is 9.80 Å². The van der Waals surface area contributed by atoms with Crippen LogP contribution in [0.5, 0.6) is 0 Å². The van der Waals surface area contributed by atoms with E-state index in [-0.39, 0.29) is 16.7 Å². The Morgan fingerprint density at radius 3 is 3.00 bits per heavy atom. The molecule has 0 radical (unpaired) electrons. The number of nitrogens with zero attached hydrogens (tertiary/aromatic N) is 3. The molecule has 1 amide bonds. The molecule has 5 nitrogen and oxygen atoms in total. The zero-order valence-corrected chi connectivity index (χ0v) is 10.3. The van der Waals surface area contributed by atoms with Crippen LogP contribution in [-0.4, -0.2) is 20.9 Å². The van der Waals surface area contributed by atoms with Crippen molar-refractivity contribution in [1.82, 2.24) is 15.0 Å². The Kier molecular flexibility index (Phi) is 2.88. The number of anilines is 1. The monoisotopic (exact) mass is 274 g/mol. The van der Waals surface area contributed by atoms with Crippen molar-refractivity contribution >= 4 is 33.3 Å². The van der Waals surface area contributed by atoms with Crippen LogP contribution in [0.3, 0.4) is 0 Å². The second-order valence-corrected chi connectivity index (χ2v) is 4.71. The lowest BCUT2D eigenvalue weighted by Gasteiger charge is -1.99. The third-order valence-corrected chi connectivity index (χ3v) is 3.39. The van der Waals surface area contributed by atoms with E-state index in [4.69, 9.17) is 0 Å². The van der Waals surface area contributed by atoms with Gasteiger partial charge in [-0.2, -0.15) is 0 Å². The van der Waals surface area contributed by atoms with Gasteiger partial charge >= 0.3 is 0 Å². The van der Waals surface area contributed by atoms with E-state index in [1.165, 1.54) is 24.7 Å². The summed E-state index contributed by atoms with van der Waals surface area (Å²) in [5.41, 5.74) is 0.597. The van der Waals surface area contributed by atoms with Crippen molar-refractivity contribution in [2.24, 2.45) is 0 Å². The summed E-state index contributed by atoms with van der Waals surface area (Å²) in [6.45, 7) is 0. The molecule has 19 heavy (non-hydrogen) atoms. The third-order valence-electron chi connectivity index (χ3n) is 2.37. The normalized spacial score (nSPS) is 10.6. The highest BCUT2D eigenvalue weighted by Crippen LogP contribution is 2.23. The molecular weight excluding hydrogens is 267 g/mol. The third kappa shape index (κ3) is 2.41. The number of thiazole rings is 1. The average Bonchev–Trinajstić information content (AvgIpc) is 2.83. The first-order valence-electron chi connectivity index (χ1n) is 5.36. The standard InChI is InChI=1S/C12H7FN4OS/c13-7-1-2-8-9(5-7)19-12(16-8)11(18)17-10-3-4-14-6-15-10/h1-6H,(H,14,15,17,18). The number of aromatic nitrogens is 3. The average molecular weight is 274 g/mol. The SMILES string of the molecule is O=C(Nc1ccncn1)c1nc2ccc(F)cc2s1. The highest BCUT2D eigenvalue weighted by atomic mass is 32.1. The molecule has 0 atom stereocenters. The van der Waals surface area contributed by atoms with Gasteiger partial charge in [-0.15, -0.1) is 11.3 Å². The van der Waals surface area contributed by atoms with Gasteiger partial charge in [0.1, 0.15) is 18.0 Å². The number of carbonyl (C=O) groups is 1. The molecule has 1 N–H and O–H groups in total. The number of fused-ring (bicyclic) bond motifs is 1. The molecule has 0 fully saturated rings. The van der Waals surface area contributed by atoms with Crippen LogP contribution in [0.15, 0.2) is 36.8 Å². The van der Waals surface area contributed by atoms with Crippen molar-refractivity contribution in [3.63, 3.8) is 0 Å². The Hall–Kier alpha value is -2.41. The summed E-state index contributed by atoms with van der Waals surface area (Å²) in [5.74, 6) is -0.329. The highest BCUT2D eigenvalue weighted by molar-refractivity contribution is 7.20. The van der Waals surface area contributed by atoms with E-state index in [0.29, 0.717) is 16.0 Å². The lowest BCUT2D eigenvalue weighted by atomic mass is 10.3. The maximum Gasteiger partial charge on any atom is 0.285 e. The number of rotatable bonds is 2. The van der Waals surface area contributed by atoms with Crippen LogP contribution in [-0.2, 0) is 0 Å². The lowest BCUT2D eigenvalue weighted by Crippen LogP contribution is -2.12. The van der Waals surface area contributed by atoms with Gasteiger partial charge in [-0.05, 0) is 24.3 Å². The zero-order chi connectivity index (χ0) is 13.2. The fourth-order valence-electron chi connectivity index (χ4n) is 1.53. The number of amides is 1. The summed E-state index contributed by atoms with van der Waals surface area (Å²) in [7, 11) is 0. The topological polar surface area (TPSA) is 67.8 Å². The smallest absolute Gasteiger partial charge is 0.285 e. The first-order chi connectivity index (χ1) is 9.22. The van der Waals surface area contributed by atoms with E-state index >= 15 is 0 Å². The maximum absolute atomic E-state index is 13.1. The van der Waals surface area contributed by atoms with Gasteiger partial charge in [0.05, 0.1) is 10.2 Å². The summed E-state index contributed by atoms with van der Waals surface area (Å²) in [4.78, 5) is 23.7. The van der Waals surface area contributed by atoms with E-state index in [9.17, 15) is 9.18 Å².